The number of benzene rings is 2. The van der Waals surface area contributed by atoms with E-state index in [2.05, 4.69) is 30.1 Å². The van der Waals surface area contributed by atoms with Gasteiger partial charge in [-0.3, -0.25) is 4.99 Å². The van der Waals surface area contributed by atoms with E-state index in [0.717, 1.165) is 39.3 Å². The molecule has 0 saturated carbocycles. The largest absolute Gasteiger partial charge is 0.276 e. The smallest absolute Gasteiger partial charge is 0.112 e. The molecule has 2 aromatic carbocycles. The minimum Gasteiger partial charge on any atom is -0.276 e. The second-order valence-corrected chi connectivity index (χ2v) is 6.98. The molecule has 2 heterocycles. The van der Waals surface area contributed by atoms with Gasteiger partial charge in [-0.1, -0.05) is 35.9 Å². The summed E-state index contributed by atoms with van der Waals surface area (Å²) in [5.74, 6) is 0. The van der Waals surface area contributed by atoms with E-state index in [1.807, 2.05) is 42.5 Å². The molecule has 1 aliphatic heterocycles. The molecular weight excluding hydrogens is 306 g/mol. The Bertz CT molecular complexity index is 944. The Morgan fingerprint density at radius 2 is 1.83 bits per heavy atom. The van der Waals surface area contributed by atoms with Crippen molar-refractivity contribution < 1.29 is 0 Å². The van der Waals surface area contributed by atoms with Crippen molar-refractivity contribution in [2.75, 3.05) is 0 Å². The van der Waals surface area contributed by atoms with E-state index in [1.165, 1.54) is 5.56 Å². The molecule has 0 bridgehead atoms. The number of halogens is 1. The first kappa shape index (κ1) is 14.3. The number of hydrogen-bond acceptors (Lipinski definition) is 3. The van der Waals surface area contributed by atoms with Gasteiger partial charge in [0.25, 0.3) is 0 Å². The first-order chi connectivity index (χ1) is 11.0. The molecule has 3 aromatic rings. The van der Waals surface area contributed by atoms with Crippen LogP contribution in [0.5, 0.6) is 0 Å². The number of hydrogen-bond donors (Lipinski definition) is 0. The molecule has 0 N–H and O–H groups in total. The first-order valence-electron chi connectivity index (χ1n) is 7.63. The molecule has 0 fully saturated rings. The number of aromatic nitrogens is 2. The monoisotopic (exact) mass is 321 g/mol. The molecule has 0 aliphatic carbocycles. The van der Waals surface area contributed by atoms with E-state index in [9.17, 15) is 0 Å². The molecule has 0 amide bonds. The third-order valence-corrected chi connectivity index (χ3v) is 4.33. The highest BCUT2D eigenvalue weighted by atomic mass is 35.5. The molecule has 1 aliphatic rings. The minimum atomic E-state index is -0.180. The average Bonchev–Trinajstić information content (AvgIpc) is 2.52. The van der Waals surface area contributed by atoms with Crippen molar-refractivity contribution in [2.24, 2.45) is 4.99 Å². The van der Waals surface area contributed by atoms with Crippen LogP contribution in [0.3, 0.4) is 0 Å². The van der Waals surface area contributed by atoms with Crippen molar-refractivity contribution in [1.29, 1.82) is 0 Å². The van der Waals surface area contributed by atoms with E-state index in [-0.39, 0.29) is 5.54 Å². The van der Waals surface area contributed by atoms with Crippen molar-refractivity contribution in [1.82, 2.24) is 10.2 Å². The number of fused-ring (bicyclic) bond motifs is 2. The summed E-state index contributed by atoms with van der Waals surface area (Å²) < 4.78 is 0. The average molecular weight is 322 g/mol. The van der Waals surface area contributed by atoms with E-state index in [0.29, 0.717) is 0 Å². The van der Waals surface area contributed by atoms with Crippen LogP contribution in [0.25, 0.3) is 10.9 Å². The number of nitrogens with zero attached hydrogens (tertiary/aromatic N) is 3. The summed E-state index contributed by atoms with van der Waals surface area (Å²) in [6.07, 6.45) is 0.868. The van der Waals surface area contributed by atoms with Crippen LogP contribution >= 0.6 is 11.6 Å². The van der Waals surface area contributed by atoms with Gasteiger partial charge in [0.15, 0.2) is 0 Å². The molecule has 4 rings (SSSR count). The third kappa shape index (κ3) is 2.62. The maximum atomic E-state index is 6.17. The zero-order valence-electron chi connectivity index (χ0n) is 13.0. The molecule has 0 spiro atoms. The minimum absolute atomic E-state index is 0.180. The van der Waals surface area contributed by atoms with Gasteiger partial charge in [0.1, 0.15) is 5.69 Å². The second-order valence-electron chi connectivity index (χ2n) is 6.54. The van der Waals surface area contributed by atoms with E-state index in [4.69, 9.17) is 16.6 Å². The Morgan fingerprint density at radius 3 is 2.70 bits per heavy atom. The van der Waals surface area contributed by atoms with Crippen molar-refractivity contribution in [2.45, 2.75) is 25.8 Å². The van der Waals surface area contributed by atoms with Gasteiger partial charge < -0.3 is 0 Å². The molecule has 0 atom stereocenters. The highest BCUT2D eigenvalue weighted by Crippen LogP contribution is 2.31. The van der Waals surface area contributed by atoms with Gasteiger partial charge in [-0.25, -0.2) is 0 Å². The molecule has 0 saturated heterocycles. The van der Waals surface area contributed by atoms with Crippen molar-refractivity contribution in [3.63, 3.8) is 0 Å². The zero-order chi connectivity index (χ0) is 16.0. The Hall–Kier alpha value is -2.26. The number of aliphatic imine (C=N–C) groups is 1. The molecule has 114 valence electrons. The zero-order valence-corrected chi connectivity index (χ0v) is 13.8. The Morgan fingerprint density at radius 1 is 1.00 bits per heavy atom. The van der Waals surface area contributed by atoms with E-state index < -0.39 is 0 Å². The van der Waals surface area contributed by atoms with E-state index in [1.54, 1.807) is 0 Å². The highest BCUT2D eigenvalue weighted by Gasteiger charge is 2.28. The predicted octanol–water partition coefficient (Wildman–Crippen LogP) is 4.46. The predicted molar refractivity (Wildman–Crippen MR) is 94.4 cm³/mol. The van der Waals surface area contributed by atoms with Crippen LogP contribution in [0.1, 0.15) is 30.7 Å². The van der Waals surface area contributed by atoms with Crippen LogP contribution in [-0.4, -0.2) is 21.4 Å². The van der Waals surface area contributed by atoms with Gasteiger partial charge in [0.2, 0.25) is 0 Å². The Balaban J connectivity index is 1.93. The van der Waals surface area contributed by atoms with Crippen molar-refractivity contribution in [3.8, 4) is 0 Å². The van der Waals surface area contributed by atoms with Gasteiger partial charge in [-0.05, 0) is 50.1 Å². The van der Waals surface area contributed by atoms with Gasteiger partial charge in [-0.2, -0.15) is 0 Å². The number of rotatable bonds is 1. The normalized spacial score (nSPS) is 16.0. The van der Waals surface area contributed by atoms with Crippen LogP contribution < -0.4 is 0 Å². The summed E-state index contributed by atoms with van der Waals surface area (Å²) in [5, 5.41) is 10.6. The fraction of sp³-hybridized carbons (Fsp3) is 0.211. The van der Waals surface area contributed by atoms with Crippen LogP contribution in [0.2, 0.25) is 5.02 Å². The standard InChI is InChI=1S/C19H16ClN3/c1-19(2)11-13-9-14(20)7-8-15(13)18(21-19)17-10-12-5-3-4-6-16(12)22-23-17/h3-10H,11H2,1-2H3. The van der Waals surface area contributed by atoms with E-state index >= 15 is 0 Å². The van der Waals surface area contributed by atoms with Gasteiger partial charge in [-0.15, -0.1) is 10.2 Å². The lowest BCUT2D eigenvalue weighted by Gasteiger charge is -2.28. The van der Waals surface area contributed by atoms with Crippen molar-refractivity contribution in [3.05, 3.63) is 70.4 Å². The topological polar surface area (TPSA) is 38.1 Å². The van der Waals surface area contributed by atoms with Crippen LogP contribution in [-0.2, 0) is 6.42 Å². The Kier molecular flexibility index (Phi) is 3.20. The lowest BCUT2D eigenvalue weighted by Crippen LogP contribution is -2.29. The van der Waals surface area contributed by atoms with Crippen LogP contribution in [0, 0.1) is 0 Å². The molecule has 1 aromatic heterocycles. The molecule has 23 heavy (non-hydrogen) atoms. The molecular formula is C19H16ClN3. The fourth-order valence-electron chi connectivity index (χ4n) is 3.10. The lowest BCUT2D eigenvalue weighted by molar-refractivity contribution is 0.513. The summed E-state index contributed by atoms with van der Waals surface area (Å²) in [4.78, 5) is 4.93. The van der Waals surface area contributed by atoms with Crippen LogP contribution in [0.15, 0.2) is 53.5 Å². The van der Waals surface area contributed by atoms with Crippen LogP contribution in [0.4, 0.5) is 0 Å². The first-order valence-corrected chi connectivity index (χ1v) is 8.01. The highest BCUT2D eigenvalue weighted by molar-refractivity contribution is 6.31. The quantitative estimate of drug-likeness (QED) is 0.664. The SMILES string of the molecule is CC1(C)Cc2cc(Cl)ccc2C(c2cc3ccccc3nn2)=N1. The molecule has 0 unspecified atom stereocenters. The molecule has 4 heteroatoms. The lowest BCUT2D eigenvalue weighted by atomic mass is 9.86. The van der Waals surface area contributed by atoms with Gasteiger partial charge in [0.05, 0.1) is 16.8 Å². The van der Waals surface area contributed by atoms with Crippen molar-refractivity contribution >= 4 is 28.2 Å². The van der Waals surface area contributed by atoms with Gasteiger partial charge in [0, 0.05) is 16.0 Å². The summed E-state index contributed by atoms with van der Waals surface area (Å²) in [5.41, 5.74) is 4.72. The summed E-state index contributed by atoms with van der Waals surface area (Å²) in [6.45, 7) is 4.26. The third-order valence-electron chi connectivity index (χ3n) is 4.10. The summed E-state index contributed by atoms with van der Waals surface area (Å²) >= 11 is 6.17. The second kappa shape index (κ2) is 5.14. The summed E-state index contributed by atoms with van der Waals surface area (Å²) in [7, 11) is 0. The molecule has 3 nitrogen and oxygen atoms in total. The fourth-order valence-corrected chi connectivity index (χ4v) is 3.30. The Labute approximate surface area is 140 Å². The maximum Gasteiger partial charge on any atom is 0.112 e. The maximum absolute atomic E-state index is 6.17. The molecule has 0 radical (unpaired) electrons. The van der Waals surface area contributed by atoms with Gasteiger partial charge >= 0.3 is 0 Å². The summed E-state index contributed by atoms with van der Waals surface area (Å²) in [6, 6.07) is 16.0.